The Morgan fingerprint density at radius 1 is 0.839 bits per heavy atom. The van der Waals surface area contributed by atoms with Gasteiger partial charge in [-0.25, -0.2) is 18.6 Å². The molecule has 0 aliphatic rings. The second-order valence-electron chi connectivity index (χ2n) is 6.41. The van der Waals surface area contributed by atoms with E-state index in [4.69, 9.17) is 28.1 Å². The van der Waals surface area contributed by atoms with Crippen LogP contribution in [0.4, 0.5) is 0 Å². The summed E-state index contributed by atoms with van der Waals surface area (Å²) >= 11 is 0. The standard InChI is InChI=1S/C22H21N2O2.ClHO4/c1-15-21(14-23)20(16-5-9-18(25-3)10-6-16)13-22(24(15)2)17-7-11-19(26-4)12-8-17;2-1(3,4)5/h5-13H,1-4H3;(H,2,3,4,5)/q+1;/p-1. The molecule has 0 saturated carbocycles. The summed E-state index contributed by atoms with van der Waals surface area (Å²) < 4.78 is 46.5. The second-order valence-corrected chi connectivity index (χ2v) is 7.17. The van der Waals surface area contributed by atoms with Crippen LogP contribution in [-0.4, -0.2) is 14.2 Å². The van der Waals surface area contributed by atoms with Crippen LogP contribution in [0.1, 0.15) is 11.3 Å². The molecule has 9 heteroatoms. The van der Waals surface area contributed by atoms with E-state index in [1.807, 2.05) is 67.1 Å². The third-order valence-electron chi connectivity index (χ3n) is 4.68. The molecule has 1 aromatic heterocycles. The lowest BCUT2D eigenvalue weighted by atomic mass is 9.96. The van der Waals surface area contributed by atoms with Crippen molar-refractivity contribution in [3.05, 3.63) is 65.9 Å². The van der Waals surface area contributed by atoms with Gasteiger partial charge in [0.15, 0.2) is 5.69 Å². The topological polar surface area (TPSA) is 138 Å². The first kappa shape index (κ1) is 24.1. The molecule has 0 spiro atoms. The third-order valence-corrected chi connectivity index (χ3v) is 4.68. The highest BCUT2D eigenvalue weighted by Crippen LogP contribution is 2.30. The smallest absolute Gasteiger partial charge is 0.213 e. The maximum Gasteiger partial charge on any atom is 0.213 e. The van der Waals surface area contributed by atoms with Crippen LogP contribution in [0.25, 0.3) is 22.4 Å². The van der Waals surface area contributed by atoms with Gasteiger partial charge in [0.1, 0.15) is 30.2 Å². The molecule has 0 aliphatic heterocycles. The van der Waals surface area contributed by atoms with Crippen LogP contribution >= 0.6 is 0 Å². The Balaban J connectivity index is 0.000000614. The quantitative estimate of drug-likeness (QED) is 0.484. The maximum absolute atomic E-state index is 9.71. The number of hydrogen-bond donors (Lipinski definition) is 0. The summed E-state index contributed by atoms with van der Waals surface area (Å²) in [5.74, 6) is 1.61. The number of hydrogen-bond acceptors (Lipinski definition) is 7. The minimum absolute atomic E-state index is 0.676. The van der Waals surface area contributed by atoms with Crippen LogP contribution in [0, 0.1) is 28.5 Å². The van der Waals surface area contributed by atoms with E-state index in [9.17, 15) is 5.26 Å². The molecule has 8 nitrogen and oxygen atoms in total. The summed E-state index contributed by atoms with van der Waals surface area (Å²) in [6.45, 7) is 1.97. The van der Waals surface area contributed by atoms with Crippen molar-refractivity contribution in [3.63, 3.8) is 0 Å². The number of pyridine rings is 1. The SMILES string of the molecule is COc1ccc(-c2cc(-c3ccc(OC)cc3)[n+](C)c(C)c2C#N)cc1.[O-][Cl+3]([O-])([O-])[O-]. The largest absolute Gasteiger partial charge is 0.497 e. The van der Waals surface area contributed by atoms with Gasteiger partial charge in [0.2, 0.25) is 5.69 Å². The number of rotatable bonds is 4. The van der Waals surface area contributed by atoms with Gasteiger partial charge in [-0.15, -0.1) is 10.2 Å². The van der Waals surface area contributed by atoms with Crippen molar-refractivity contribution in [2.75, 3.05) is 14.2 Å². The maximum atomic E-state index is 9.71. The molecule has 0 bridgehead atoms. The van der Waals surface area contributed by atoms with Gasteiger partial charge < -0.3 is 9.47 Å². The van der Waals surface area contributed by atoms with Gasteiger partial charge in [-0.05, 0) is 42.0 Å². The Morgan fingerprint density at radius 2 is 1.26 bits per heavy atom. The molecule has 0 radical (unpaired) electrons. The van der Waals surface area contributed by atoms with Gasteiger partial charge >= 0.3 is 0 Å². The summed E-state index contributed by atoms with van der Waals surface area (Å²) in [6.07, 6.45) is 0. The normalized spacial score (nSPS) is 10.5. The van der Waals surface area contributed by atoms with Gasteiger partial charge in [-0.3, -0.25) is 0 Å². The molecule has 162 valence electrons. The Morgan fingerprint density at radius 3 is 1.65 bits per heavy atom. The summed E-state index contributed by atoms with van der Waals surface area (Å²) in [4.78, 5) is 0. The zero-order valence-corrected chi connectivity index (χ0v) is 18.2. The molecule has 0 saturated heterocycles. The molecule has 3 rings (SSSR count). The summed E-state index contributed by atoms with van der Waals surface area (Å²) in [5.41, 5.74) is 5.60. The lowest BCUT2D eigenvalue weighted by Gasteiger charge is -2.17. The van der Waals surface area contributed by atoms with Gasteiger partial charge in [-0.1, -0.05) is 12.1 Å². The van der Waals surface area contributed by atoms with E-state index in [-0.39, 0.29) is 0 Å². The fourth-order valence-electron chi connectivity index (χ4n) is 3.03. The highest BCUT2D eigenvalue weighted by molar-refractivity contribution is 5.75. The Kier molecular flexibility index (Phi) is 7.94. The first-order valence-corrected chi connectivity index (χ1v) is 10.2. The predicted molar refractivity (Wildman–Crippen MR) is 101 cm³/mol. The van der Waals surface area contributed by atoms with Crippen LogP contribution in [0.2, 0.25) is 0 Å². The molecule has 0 unspecified atom stereocenters. The predicted octanol–water partition coefficient (Wildman–Crippen LogP) is -0.714. The molecule has 2 aromatic carbocycles. The number of aromatic nitrogens is 1. The fraction of sp³-hybridized carbons (Fsp3) is 0.182. The minimum Gasteiger partial charge on any atom is -0.497 e. The summed E-state index contributed by atoms with van der Waals surface area (Å²) in [7, 11) is 0.334. The molecule has 0 aliphatic carbocycles. The average Bonchev–Trinajstić information content (AvgIpc) is 2.74. The van der Waals surface area contributed by atoms with E-state index in [0.29, 0.717) is 5.56 Å². The zero-order chi connectivity index (χ0) is 23.2. The zero-order valence-electron chi connectivity index (χ0n) is 17.4. The monoisotopic (exact) mass is 444 g/mol. The Bertz CT molecular complexity index is 1070. The number of nitrogens with zero attached hydrogens (tertiary/aromatic N) is 2. The first-order chi connectivity index (χ1) is 14.6. The molecule has 3 aromatic rings. The van der Waals surface area contributed by atoms with Crippen molar-refractivity contribution >= 4 is 0 Å². The molecule has 0 amide bonds. The van der Waals surface area contributed by atoms with Crippen molar-refractivity contribution in [1.82, 2.24) is 0 Å². The number of nitriles is 1. The van der Waals surface area contributed by atoms with Crippen molar-refractivity contribution in [2.24, 2.45) is 7.05 Å². The number of halogens is 1. The van der Waals surface area contributed by atoms with Gasteiger partial charge in [0.05, 0.1) is 14.2 Å². The molecular weight excluding hydrogens is 424 g/mol. The van der Waals surface area contributed by atoms with Crippen LogP contribution in [0.5, 0.6) is 11.5 Å². The van der Waals surface area contributed by atoms with Gasteiger partial charge in [0.25, 0.3) is 0 Å². The Hall–Kier alpha value is -3.19. The highest BCUT2D eigenvalue weighted by Gasteiger charge is 2.21. The number of ether oxygens (including phenoxy) is 2. The second kappa shape index (κ2) is 10.2. The van der Waals surface area contributed by atoms with Gasteiger partial charge in [-0.2, -0.15) is 9.83 Å². The van der Waals surface area contributed by atoms with E-state index in [1.54, 1.807) is 14.2 Å². The van der Waals surface area contributed by atoms with E-state index in [0.717, 1.165) is 39.6 Å². The lowest BCUT2D eigenvalue weighted by Crippen LogP contribution is -2.68. The van der Waals surface area contributed by atoms with E-state index in [2.05, 4.69) is 12.1 Å². The number of methoxy groups -OCH3 is 2. The average molecular weight is 445 g/mol. The van der Waals surface area contributed by atoms with Crippen molar-refractivity contribution in [2.45, 2.75) is 6.92 Å². The van der Waals surface area contributed by atoms with Gasteiger partial charge in [0, 0.05) is 24.1 Å². The molecule has 0 N–H and O–H groups in total. The van der Waals surface area contributed by atoms with Crippen molar-refractivity contribution in [3.8, 4) is 40.0 Å². The van der Waals surface area contributed by atoms with Crippen LogP contribution in [0.15, 0.2) is 54.6 Å². The highest BCUT2D eigenvalue weighted by atomic mass is 35.7. The van der Waals surface area contributed by atoms with Crippen LogP contribution in [-0.2, 0) is 7.05 Å². The van der Waals surface area contributed by atoms with Crippen LogP contribution < -0.4 is 32.7 Å². The van der Waals surface area contributed by atoms with Crippen LogP contribution in [0.3, 0.4) is 0 Å². The molecule has 0 fully saturated rings. The molecular formula is C22H21ClN2O6. The summed E-state index contributed by atoms with van der Waals surface area (Å²) in [5, 5.41) is 9.71. The first-order valence-electron chi connectivity index (χ1n) is 8.93. The Labute approximate surface area is 182 Å². The summed E-state index contributed by atoms with van der Waals surface area (Å²) in [6, 6.07) is 20.1. The van der Waals surface area contributed by atoms with E-state index in [1.165, 1.54) is 0 Å². The fourth-order valence-corrected chi connectivity index (χ4v) is 3.03. The van der Waals surface area contributed by atoms with E-state index >= 15 is 0 Å². The molecule has 31 heavy (non-hydrogen) atoms. The van der Waals surface area contributed by atoms with E-state index < -0.39 is 10.2 Å². The minimum atomic E-state index is -4.94. The van der Waals surface area contributed by atoms with Crippen molar-refractivity contribution < 1.29 is 42.9 Å². The lowest BCUT2D eigenvalue weighted by molar-refractivity contribution is -2.00. The molecule has 1 heterocycles. The number of benzene rings is 2. The third kappa shape index (κ3) is 6.39. The van der Waals surface area contributed by atoms with Crippen molar-refractivity contribution in [1.29, 1.82) is 5.26 Å². The molecule has 0 atom stereocenters.